The minimum Gasteiger partial charge on any atom is -0.491 e. The Labute approximate surface area is 186 Å². The highest BCUT2D eigenvalue weighted by molar-refractivity contribution is 6.31. The fraction of sp³-hybridized carbons (Fsp3) is 0.375. The first-order chi connectivity index (χ1) is 14.3. The molecule has 1 aliphatic carbocycles. The van der Waals surface area contributed by atoms with Crippen LogP contribution in [0.4, 0.5) is 0 Å². The van der Waals surface area contributed by atoms with Crippen molar-refractivity contribution in [3.05, 3.63) is 75.8 Å². The molecule has 0 bridgehead atoms. The lowest BCUT2D eigenvalue weighted by Crippen LogP contribution is -2.39. The summed E-state index contributed by atoms with van der Waals surface area (Å²) in [6, 6.07) is 13.5. The maximum atomic E-state index is 12.8. The van der Waals surface area contributed by atoms with E-state index in [4.69, 9.17) is 33.0 Å². The Morgan fingerprint density at radius 2 is 1.90 bits per heavy atom. The molecule has 2 aliphatic rings. The summed E-state index contributed by atoms with van der Waals surface area (Å²) in [5.74, 6) is 0.804. The van der Waals surface area contributed by atoms with Crippen LogP contribution in [0.5, 0.6) is 5.75 Å². The smallest absolute Gasteiger partial charge is 0.230 e. The standard InChI is InChI=1S/C24H25Cl2NO3/c1-14-22-21(15-3-5-16(25)6-4-15)19(9-10-24(22,2)23(29)27-14)18-8-7-17(13-20(18)26)30-12-11-28/h3-10,13-14,19,21-22,28H,11-12H2,1-2H3,(H,27,29)/t14-,19+,21+,22+,24-/m1/s1. The van der Waals surface area contributed by atoms with Gasteiger partial charge in [0.25, 0.3) is 0 Å². The number of halogens is 2. The predicted octanol–water partition coefficient (Wildman–Crippen LogP) is 4.94. The molecule has 2 N–H and O–H groups in total. The van der Waals surface area contributed by atoms with E-state index in [0.29, 0.717) is 15.8 Å². The van der Waals surface area contributed by atoms with Gasteiger partial charge in [0.15, 0.2) is 0 Å². The van der Waals surface area contributed by atoms with Crippen LogP contribution >= 0.6 is 23.2 Å². The van der Waals surface area contributed by atoms with Crippen molar-refractivity contribution in [2.45, 2.75) is 31.7 Å². The molecule has 6 heteroatoms. The third kappa shape index (κ3) is 3.62. The van der Waals surface area contributed by atoms with Gasteiger partial charge in [-0.25, -0.2) is 0 Å². The van der Waals surface area contributed by atoms with Crippen molar-refractivity contribution in [3.8, 4) is 5.75 Å². The molecule has 1 fully saturated rings. The minimum atomic E-state index is -0.573. The third-order valence-corrected chi connectivity index (χ3v) is 7.03. The number of benzene rings is 2. The monoisotopic (exact) mass is 445 g/mol. The highest BCUT2D eigenvalue weighted by Crippen LogP contribution is 2.56. The Balaban J connectivity index is 1.80. The van der Waals surface area contributed by atoms with Crippen LogP contribution in [0.1, 0.15) is 36.8 Å². The molecule has 1 heterocycles. The van der Waals surface area contributed by atoms with E-state index in [9.17, 15) is 4.79 Å². The van der Waals surface area contributed by atoms with E-state index in [1.54, 1.807) is 6.07 Å². The van der Waals surface area contributed by atoms with E-state index >= 15 is 0 Å². The minimum absolute atomic E-state index is 0.00112. The van der Waals surface area contributed by atoms with Gasteiger partial charge in [0.05, 0.1) is 12.0 Å². The molecule has 2 aromatic carbocycles. The second-order valence-electron chi connectivity index (χ2n) is 8.29. The van der Waals surface area contributed by atoms with Gasteiger partial charge in [0.1, 0.15) is 12.4 Å². The number of aliphatic hydroxyl groups excluding tert-OH is 1. The molecular weight excluding hydrogens is 421 g/mol. The maximum absolute atomic E-state index is 12.8. The van der Waals surface area contributed by atoms with E-state index in [1.165, 1.54) is 0 Å². The van der Waals surface area contributed by atoms with Crippen LogP contribution in [0.3, 0.4) is 0 Å². The van der Waals surface area contributed by atoms with Gasteiger partial charge in [-0.2, -0.15) is 0 Å². The van der Waals surface area contributed by atoms with Gasteiger partial charge in [-0.05, 0) is 49.2 Å². The summed E-state index contributed by atoms with van der Waals surface area (Å²) in [6.07, 6.45) is 4.16. The summed E-state index contributed by atoms with van der Waals surface area (Å²) in [5.41, 5.74) is 1.54. The third-order valence-electron chi connectivity index (χ3n) is 6.45. The summed E-state index contributed by atoms with van der Waals surface area (Å²) >= 11 is 12.8. The Kier molecular flexibility index (Phi) is 5.84. The number of fused-ring (bicyclic) bond motifs is 1. The van der Waals surface area contributed by atoms with Crippen LogP contribution in [0.25, 0.3) is 0 Å². The van der Waals surface area contributed by atoms with Crippen molar-refractivity contribution < 1.29 is 14.6 Å². The number of hydrogen-bond donors (Lipinski definition) is 2. The Morgan fingerprint density at radius 1 is 1.17 bits per heavy atom. The molecule has 30 heavy (non-hydrogen) atoms. The molecule has 1 saturated heterocycles. The summed E-state index contributed by atoms with van der Waals surface area (Å²) in [4.78, 5) is 12.8. The summed E-state index contributed by atoms with van der Waals surface area (Å²) in [6.45, 7) is 4.25. The maximum Gasteiger partial charge on any atom is 0.230 e. The van der Waals surface area contributed by atoms with Gasteiger partial charge in [-0.15, -0.1) is 0 Å². The number of nitrogens with one attached hydrogen (secondary N) is 1. The lowest BCUT2D eigenvalue weighted by atomic mass is 9.59. The number of ether oxygens (including phenoxy) is 1. The summed E-state index contributed by atoms with van der Waals surface area (Å²) < 4.78 is 5.50. The molecule has 0 spiro atoms. The number of carbonyl (C=O) groups excluding carboxylic acids is 1. The van der Waals surface area contributed by atoms with Crippen LogP contribution in [-0.2, 0) is 4.79 Å². The number of allylic oxidation sites excluding steroid dienone is 1. The van der Waals surface area contributed by atoms with Crippen LogP contribution in [0.15, 0.2) is 54.6 Å². The molecule has 1 amide bonds. The molecule has 158 valence electrons. The van der Waals surface area contributed by atoms with Crippen molar-refractivity contribution in [1.29, 1.82) is 0 Å². The van der Waals surface area contributed by atoms with Crippen molar-refractivity contribution in [2.24, 2.45) is 11.3 Å². The van der Waals surface area contributed by atoms with E-state index in [2.05, 4.69) is 18.3 Å². The molecule has 2 aromatic rings. The zero-order valence-corrected chi connectivity index (χ0v) is 18.5. The van der Waals surface area contributed by atoms with Crippen molar-refractivity contribution in [3.63, 3.8) is 0 Å². The lowest BCUT2D eigenvalue weighted by Gasteiger charge is -2.42. The quantitative estimate of drug-likeness (QED) is 0.640. The molecule has 4 rings (SSSR count). The number of carbonyl (C=O) groups is 1. The lowest BCUT2D eigenvalue weighted by molar-refractivity contribution is -0.126. The van der Waals surface area contributed by atoms with E-state index in [1.807, 2.05) is 49.4 Å². The number of rotatable bonds is 5. The topological polar surface area (TPSA) is 58.6 Å². The van der Waals surface area contributed by atoms with Crippen molar-refractivity contribution >= 4 is 29.1 Å². The van der Waals surface area contributed by atoms with Gasteiger partial charge in [-0.1, -0.05) is 53.6 Å². The fourth-order valence-electron chi connectivity index (χ4n) is 5.07. The van der Waals surface area contributed by atoms with Gasteiger partial charge >= 0.3 is 0 Å². The van der Waals surface area contributed by atoms with Crippen LogP contribution in [0.2, 0.25) is 10.0 Å². The summed E-state index contributed by atoms with van der Waals surface area (Å²) in [7, 11) is 0. The van der Waals surface area contributed by atoms with Crippen molar-refractivity contribution in [1.82, 2.24) is 5.32 Å². The molecule has 5 atom stereocenters. The summed E-state index contributed by atoms with van der Waals surface area (Å²) in [5, 5.41) is 13.4. The van der Waals surface area contributed by atoms with Crippen LogP contribution in [0, 0.1) is 11.3 Å². The van der Waals surface area contributed by atoms with E-state index in [-0.39, 0.29) is 42.9 Å². The molecule has 0 saturated carbocycles. The van der Waals surface area contributed by atoms with Crippen molar-refractivity contribution in [2.75, 3.05) is 13.2 Å². The first kappa shape index (κ1) is 21.2. The Morgan fingerprint density at radius 3 is 2.57 bits per heavy atom. The second kappa shape index (κ2) is 8.26. The fourth-order valence-corrected chi connectivity index (χ4v) is 5.49. The molecule has 0 aromatic heterocycles. The average molecular weight is 446 g/mol. The van der Waals surface area contributed by atoms with E-state index in [0.717, 1.165) is 11.1 Å². The average Bonchev–Trinajstić information content (AvgIpc) is 2.95. The largest absolute Gasteiger partial charge is 0.491 e. The zero-order valence-electron chi connectivity index (χ0n) is 16.9. The van der Waals surface area contributed by atoms with Gasteiger partial charge < -0.3 is 15.2 Å². The zero-order chi connectivity index (χ0) is 21.5. The highest BCUT2D eigenvalue weighted by Gasteiger charge is 2.55. The molecule has 0 radical (unpaired) electrons. The molecular formula is C24H25Cl2NO3. The van der Waals surface area contributed by atoms with Gasteiger partial charge in [0.2, 0.25) is 5.91 Å². The Hall–Kier alpha value is -2.01. The van der Waals surface area contributed by atoms with Gasteiger partial charge in [0, 0.05) is 33.8 Å². The normalized spacial score (nSPS) is 30.1. The molecule has 4 nitrogen and oxygen atoms in total. The highest BCUT2D eigenvalue weighted by atomic mass is 35.5. The Bertz CT molecular complexity index is 975. The predicted molar refractivity (Wildman–Crippen MR) is 119 cm³/mol. The van der Waals surface area contributed by atoms with Crippen LogP contribution in [-0.4, -0.2) is 30.3 Å². The SMILES string of the molecule is C[C@H]1NC(=O)[C@]2(C)C=C[C@@H](c3ccc(OCCO)cc3Cl)[C@H](c3ccc(Cl)cc3)[C@H]12. The molecule has 1 aliphatic heterocycles. The number of amides is 1. The second-order valence-corrected chi connectivity index (χ2v) is 9.13. The van der Waals surface area contributed by atoms with Crippen LogP contribution < -0.4 is 10.1 Å². The van der Waals surface area contributed by atoms with Gasteiger partial charge in [-0.3, -0.25) is 4.79 Å². The molecule has 0 unspecified atom stereocenters. The first-order valence-corrected chi connectivity index (χ1v) is 10.9. The van der Waals surface area contributed by atoms with E-state index < -0.39 is 5.41 Å². The first-order valence-electron chi connectivity index (χ1n) is 10.1. The number of aliphatic hydroxyl groups is 1. The number of hydrogen-bond acceptors (Lipinski definition) is 3.